The average molecular weight is 974 g/mol. The number of carbonyl (C=O) groups excluding carboxylic acids is 4. The van der Waals surface area contributed by atoms with E-state index in [1.165, 1.54) is 11.3 Å². The number of anilines is 3. The van der Waals surface area contributed by atoms with Gasteiger partial charge < -0.3 is 20.1 Å². The van der Waals surface area contributed by atoms with Crippen molar-refractivity contribution in [2.24, 2.45) is 13.0 Å². The first-order valence-electron chi connectivity index (χ1n) is 24.2. The third-order valence-electron chi connectivity index (χ3n) is 14.2. The van der Waals surface area contributed by atoms with Crippen molar-refractivity contribution in [1.82, 2.24) is 30.0 Å². The molecule has 3 aromatic heterocycles. The summed E-state index contributed by atoms with van der Waals surface area (Å²) in [6.07, 6.45) is 5.14. The van der Waals surface area contributed by atoms with Crippen molar-refractivity contribution in [3.05, 3.63) is 125 Å². The summed E-state index contributed by atoms with van der Waals surface area (Å²) in [7, 11) is 1.81. The number of nitrogens with one attached hydrogen (secondary N) is 3. The van der Waals surface area contributed by atoms with E-state index in [9.17, 15) is 29.1 Å². The summed E-state index contributed by atoms with van der Waals surface area (Å²) >= 11 is 1.43. The molecule has 2 saturated heterocycles. The Bertz CT molecular complexity index is 3210. The zero-order valence-electron chi connectivity index (χ0n) is 39.9. The van der Waals surface area contributed by atoms with Crippen LogP contribution in [0.25, 0.3) is 32.2 Å². The Morgan fingerprint density at radius 2 is 1.76 bits per heavy atom. The molecule has 2 fully saturated rings. The van der Waals surface area contributed by atoms with Gasteiger partial charge in [0.25, 0.3) is 5.91 Å². The standard InChI is InChI=1S/C54H55N9O7S/c1-31-27-33(22-24-62(31)30-48(65)55-35-16-17-39-43(28-35)61(3)60-49(39)40-19-21-47(64)58-52(40)67)9-8-26-70-44-14-7-11-36(32(44)2)37-18-20-46(57-50(37)53(68)69)63-25-23-34-10-6-12-38(41(34)29-63)51(66)59-54-56-42-13-4-5-15-45(42)71-54/h4-7,10-18,20,28,31,33,40H,8-9,19,21-27,29-30H2,1-3H3,(H,55,65)(H,68,69)(H,56,59,66)(H,58,64,67)/t31-,33+,40?/m1/s1. The van der Waals surface area contributed by atoms with Gasteiger partial charge >= 0.3 is 5.97 Å². The Balaban J connectivity index is 0.718. The lowest BCUT2D eigenvalue weighted by molar-refractivity contribution is -0.134. The zero-order chi connectivity index (χ0) is 49.3. The number of piperidine rings is 2. The van der Waals surface area contributed by atoms with Crippen molar-refractivity contribution in [3.63, 3.8) is 0 Å². The molecular weight excluding hydrogens is 919 g/mol. The van der Waals surface area contributed by atoms with E-state index in [2.05, 4.69) is 37.9 Å². The van der Waals surface area contributed by atoms with E-state index in [1.54, 1.807) is 11.7 Å². The number of rotatable bonds is 14. The van der Waals surface area contributed by atoms with E-state index >= 15 is 0 Å². The smallest absolute Gasteiger partial charge is 0.355 e. The first-order chi connectivity index (χ1) is 34.4. The van der Waals surface area contributed by atoms with Crippen LogP contribution in [-0.4, -0.2) is 91.6 Å². The maximum atomic E-state index is 13.6. The van der Waals surface area contributed by atoms with Crippen LogP contribution in [0.4, 0.5) is 16.6 Å². The second-order valence-electron chi connectivity index (χ2n) is 18.8. The van der Waals surface area contributed by atoms with Gasteiger partial charge in [0.1, 0.15) is 11.6 Å². The lowest BCUT2D eigenvalue weighted by atomic mass is 9.88. The summed E-state index contributed by atoms with van der Waals surface area (Å²) in [4.78, 5) is 77.5. The first kappa shape index (κ1) is 47.2. The van der Waals surface area contributed by atoms with Crippen LogP contribution in [0.15, 0.2) is 91.0 Å². The molecule has 0 bridgehead atoms. The highest BCUT2D eigenvalue weighted by molar-refractivity contribution is 7.22. The molecule has 7 aromatic rings. The highest BCUT2D eigenvalue weighted by Crippen LogP contribution is 2.36. The largest absolute Gasteiger partial charge is 0.493 e. The predicted molar refractivity (Wildman–Crippen MR) is 273 cm³/mol. The van der Waals surface area contributed by atoms with Crippen LogP contribution in [0.1, 0.15) is 94.6 Å². The van der Waals surface area contributed by atoms with Crippen LogP contribution in [0.3, 0.4) is 0 Å². The van der Waals surface area contributed by atoms with Crippen LogP contribution in [0.2, 0.25) is 0 Å². The molecule has 3 aliphatic rings. The van der Waals surface area contributed by atoms with Crippen molar-refractivity contribution in [2.75, 3.05) is 41.8 Å². The lowest BCUT2D eigenvalue weighted by Crippen LogP contribution is -2.44. The van der Waals surface area contributed by atoms with Gasteiger partial charge in [0.05, 0.1) is 40.5 Å². The van der Waals surface area contributed by atoms with E-state index < -0.39 is 11.9 Å². The average Bonchev–Trinajstić information content (AvgIpc) is 3.92. The van der Waals surface area contributed by atoms with Gasteiger partial charge in [-0.05, 0) is 142 Å². The molecular formula is C54H55N9O7S. The Morgan fingerprint density at radius 3 is 2.58 bits per heavy atom. The summed E-state index contributed by atoms with van der Waals surface area (Å²) in [5, 5.41) is 24.9. The van der Waals surface area contributed by atoms with Crippen LogP contribution >= 0.6 is 11.3 Å². The van der Waals surface area contributed by atoms with Gasteiger partial charge in [-0.15, -0.1) is 0 Å². The number of para-hydroxylation sites is 1. The molecule has 6 heterocycles. The number of fused-ring (bicyclic) bond motifs is 3. The van der Waals surface area contributed by atoms with Gasteiger partial charge in [0.15, 0.2) is 10.8 Å². The number of nitrogens with zero attached hydrogens (tertiary/aromatic N) is 6. The number of aromatic carboxylic acids is 1. The van der Waals surface area contributed by atoms with Crippen LogP contribution in [0.5, 0.6) is 5.75 Å². The molecule has 3 atom stereocenters. The number of hydrogen-bond donors (Lipinski definition) is 4. The molecule has 3 aliphatic heterocycles. The number of thiazole rings is 1. The fourth-order valence-electron chi connectivity index (χ4n) is 10.5. The number of imide groups is 1. The molecule has 10 rings (SSSR count). The molecule has 4 amide bonds. The molecule has 0 radical (unpaired) electrons. The molecule has 71 heavy (non-hydrogen) atoms. The summed E-state index contributed by atoms with van der Waals surface area (Å²) < 4.78 is 9.04. The summed E-state index contributed by atoms with van der Waals surface area (Å²) in [5.74, 6) is -0.850. The van der Waals surface area contributed by atoms with E-state index in [1.807, 2.05) is 103 Å². The lowest BCUT2D eigenvalue weighted by Gasteiger charge is -2.37. The van der Waals surface area contributed by atoms with E-state index in [4.69, 9.17) is 9.72 Å². The molecule has 0 spiro atoms. The number of likely N-dealkylation sites (tertiary alicyclic amines) is 1. The third-order valence-corrected chi connectivity index (χ3v) is 15.2. The van der Waals surface area contributed by atoms with E-state index in [-0.39, 0.29) is 48.3 Å². The highest BCUT2D eigenvalue weighted by atomic mass is 32.1. The van der Waals surface area contributed by atoms with Crippen molar-refractivity contribution in [3.8, 4) is 16.9 Å². The maximum absolute atomic E-state index is 13.6. The molecule has 4 aromatic carbocycles. The minimum absolute atomic E-state index is 0.0540. The number of benzene rings is 4. The minimum atomic E-state index is -1.13. The molecule has 364 valence electrons. The number of aromatic nitrogens is 4. The number of ether oxygens (including phenoxy) is 1. The summed E-state index contributed by atoms with van der Waals surface area (Å²) in [5.41, 5.74) is 7.42. The second-order valence-corrected chi connectivity index (χ2v) is 19.9. The number of carboxylic acids is 1. The number of hydrogen-bond acceptors (Lipinski definition) is 12. The molecule has 4 N–H and O–H groups in total. The molecule has 1 unspecified atom stereocenters. The van der Waals surface area contributed by atoms with Gasteiger partial charge in [0, 0.05) is 54.8 Å². The van der Waals surface area contributed by atoms with Gasteiger partial charge in [-0.3, -0.25) is 39.4 Å². The van der Waals surface area contributed by atoms with Crippen molar-refractivity contribution < 1.29 is 33.8 Å². The number of carboxylic acid groups (broad SMARTS) is 1. The molecule has 0 aliphatic carbocycles. The number of carbonyl (C=O) groups is 5. The Kier molecular flexibility index (Phi) is 13.3. The first-order valence-corrected chi connectivity index (χ1v) is 25.0. The van der Waals surface area contributed by atoms with Crippen LogP contribution in [-0.2, 0) is 34.4 Å². The Labute approximate surface area is 414 Å². The number of aryl methyl sites for hydroxylation is 1. The van der Waals surface area contributed by atoms with Gasteiger partial charge in [-0.1, -0.05) is 47.7 Å². The summed E-state index contributed by atoms with van der Waals surface area (Å²) in [6.45, 7) is 6.72. The van der Waals surface area contributed by atoms with Gasteiger partial charge in [-0.25, -0.2) is 14.8 Å². The topological polar surface area (TPSA) is 201 Å². The minimum Gasteiger partial charge on any atom is -0.493 e. The fraction of sp³-hybridized carbons (Fsp3) is 0.333. The normalized spacial score (nSPS) is 18.3. The van der Waals surface area contributed by atoms with Crippen LogP contribution in [0, 0.1) is 12.8 Å². The Morgan fingerprint density at radius 1 is 0.915 bits per heavy atom. The fourth-order valence-corrected chi connectivity index (χ4v) is 11.3. The van der Waals surface area contributed by atoms with Crippen molar-refractivity contribution >= 4 is 78.7 Å². The summed E-state index contributed by atoms with van der Waals surface area (Å²) in [6, 6.07) is 28.7. The monoisotopic (exact) mass is 973 g/mol. The SMILES string of the molecule is Cc1c(OCCC[C@H]2CCN(CC(=O)Nc3ccc4c(C5CCC(=O)NC5=O)nn(C)c4c3)[C@H](C)C2)cccc1-c1ccc(N2CCc3cccc(C(=O)Nc4nc5ccccc5s4)c3C2)nc1C(=O)O. The molecule has 17 heteroatoms. The van der Waals surface area contributed by atoms with Crippen molar-refractivity contribution in [1.29, 1.82) is 0 Å². The zero-order valence-corrected chi connectivity index (χ0v) is 40.7. The molecule has 16 nitrogen and oxygen atoms in total. The Hall–Kier alpha value is -7.50. The highest BCUT2D eigenvalue weighted by Gasteiger charge is 2.32. The van der Waals surface area contributed by atoms with E-state index in [0.717, 1.165) is 75.6 Å². The third kappa shape index (κ3) is 9.97. The quantitative estimate of drug-likeness (QED) is 0.0599. The van der Waals surface area contributed by atoms with Gasteiger partial charge in [-0.2, -0.15) is 5.10 Å². The maximum Gasteiger partial charge on any atom is 0.355 e. The van der Waals surface area contributed by atoms with E-state index in [0.29, 0.717) is 77.7 Å². The van der Waals surface area contributed by atoms with Crippen LogP contribution < -0.4 is 25.6 Å². The van der Waals surface area contributed by atoms with Gasteiger partial charge in [0.2, 0.25) is 17.7 Å². The second kappa shape index (κ2) is 20.1. The number of amides is 4. The molecule has 0 saturated carbocycles. The number of pyridine rings is 1. The van der Waals surface area contributed by atoms with Crippen molar-refractivity contribution in [2.45, 2.75) is 77.3 Å². The predicted octanol–water partition coefficient (Wildman–Crippen LogP) is 8.49.